The number of nitrogens with zero attached hydrogens (tertiary/aromatic N) is 1. The Hall–Kier alpha value is -1.87. The van der Waals surface area contributed by atoms with Gasteiger partial charge in [-0.1, -0.05) is 6.92 Å². The van der Waals surface area contributed by atoms with E-state index in [1.165, 1.54) is 26.8 Å². The summed E-state index contributed by atoms with van der Waals surface area (Å²) in [5.41, 5.74) is 0.405. The van der Waals surface area contributed by atoms with Gasteiger partial charge in [-0.05, 0) is 46.7 Å². The molecule has 186 valence electrons. The minimum Gasteiger partial charge on any atom is -0.454 e. The maximum Gasteiger partial charge on any atom is 0.347 e. The minimum absolute atomic E-state index is 0.00852. The Morgan fingerprint density at radius 3 is 2.52 bits per heavy atom. The first kappa shape index (κ1) is 27.4. The van der Waals surface area contributed by atoms with Crippen molar-refractivity contribution in [3.05, 3.63) is 11.6 Å². The molecule has 11 nitrogen and oxygen atoms in total. The number of hydrogen-bond donors (Lipinski definition) is 2. The monoisotopic (exact) mass is 524 g/mol. The smallest absolute Gasteiger partial charge is 0.347 e. The van der Waals surface area contributed by atoms with E-state index >= 15 is 0 Å². The van der Waals surface area contributed by atoms with Crippen LogP contribution < -0.4 is 5.32 Å². The van der Waals surface area contributed by atoms with Gasteiger partial charge in [0, 0.05) is 11.6 Å². The molecule has 3 unspecified atom stereocenters. The largest absolute Gasteiger partial charge is 0.454 e. The summed E-state index contributed by atoms with van der Waals surface area (Å²) >= 11 is 0.644. The SMILES string of the molecule is CCN[C@H]1C[C@H](C)S(=O)(=O)c2sc(S(=O)(=O)N=CC(C)OC(=O)C(C)OC(=O)C(C)O)cc21. The fraction of sp³-hybridized carbons (Fsp3) is 0.632. The van der Waals surface area contributed by atoms with Crippen LogP contribution in [0.2, 0.25) is 0 Å². The molecule has 0 aromatic carbocycles. The molecule has 0 saturated carbocycles. The van der Waals surface area contributed by atoms with Crippen LogP contribution in [-0.4, -0.2) is 70.2 Å². The quantitative estimate of drug-likeness (QED) is 0.351. The molecule has 0 bridgehead atoms. The molecule has 0 amide bonds. The number of aliphatic hydroxyl groups excluding tert-OH is 1. The number of fused-ring (bicyclic) bond motifs is 1. The normalized spacial score (nSPS) is 22.8. The predicted molar refractivity (Wildman–Crippen MR) is 120 cm³/mol. The molecule has 1 aromatic rings. The summed E-state index contributed by atoms with van der Waals surface area (Å²) in [5.74, 6) is -1.97. The maximum atomic E-state index is 12.7. The second kappa shape index (κ2) is 10.6. The van der Waals surface area contributed by atoms with Crippen molar-refractivity contribution in [2.45, 2.75) is 79.1 Å². The third kappa shape index (κ3) is 6.38. The second-order valence-corrected chi connectivity index (χ2v) is 13.1. The van der Waals surface area contributed by atoms with E-state index in [1.54, 1.807) is 6.92 Å². The highest BCUT2D eigenvalue weighted by Crippen LogP contribution is 2.43. The number of nitrogens with one attached hydrogen (secondary N) is 1. The number of esters is 2. The molecule has 2 rings (SSSR count). The van der Waals surface area contributed by atoms with Crippen molar-refractivity contribution in [1.82, 2.24) is 5.32 Å². The zero-order valence-corrected chi connectivity index (χ0v) is 21.3. The Labute approximate surface area is 197 Å². The van der Waals surface area contributed by atoms with Crippen molar-refractivity contribution in [2.24, 2.45) is 4.40 Å². The molecule has 0 aliphatic carbocycles. The summed E-state index contributed by atoms with van der Waals surface area (Å²) < 4.78 is 63.8. The lowest BCUT2D eigenvalue weighted by atomic mass is 10.1. The number of carbonyl (C=O) groups is 2. The summed E-state index contributed by atoms with van der Waals surface area (Å²) in [6, 6.07) is 1.02. The third-order valence-corrected chi connectivity index (χ3v) is 10.4. The van der Waals surface area contributed by atoms with Crippen LogP contribution in [0.25, 0.3) is 0 Å². The molecule has 0 spiro atoms. The maximum absolute atomic E-state index is 12.7. The lowest BCUT2D eigenvalue weighted by molar-refractivity contribution is -0.172. The van der Waals surface area contributed by atoms with Crippen molar-refractivity contribution in [3.63, 3.8) is 0 Å². The van der Waals surface area contributed by atoms with Crippen molar-refractivity contribution in [3.8, 4) is 0 Å². The van der Waals surface area contributed by atoms with Gasteiger partial charge in [-0.2, -0.15) is 12.8 Å². The van der Waals surface area contributed by atoms with Gasteiger partial charge < -0.3 is 19.9 Å². The highest BCUT2D eigenvalue weighted by atomic mass is 32.3. The van der Waals surface area contributed by atoms with E-state index in [2.05, 4.69) is 9.71 Å². The molecule has 5 atom stereocenters. The number of thiophene rings is 1. The Morgan fingerprint density at radius 1 is 1.30 bits per heavy atom. The molecular weight excluding hydrogens is 496 g/mol. The van der Waals surface area contributed by atoms with Gasteiger partial charge in [-0.15, -0.1) is 11.3 Å². The first-order chi connectivity index (χ1) is 15.2. The number of sulfone groups is 1. The number of sulfonamides is 1. The number of rotatable bonds is 9. The first-order valence-electron chi connectivity index (χ1n) is 10.2. The Morgan fingerprint density at radius 2 is 1.94 bits per heavy atom. The van der Waals surface area contributed by atoms with Gasteiger partial charge >= 0.3 is 11.9 Å². The highest BCUT2D eigenvalue weighted by Gasteiger charge is 2.39. The number of aliphatic hydroxyl groups is 1. The standard InChI is InChI=1S/C19H28N2O9S3/c1-6-20-15-7-11(3)32(25,26)19-14(15)8-16(31-19)33(27,28)21-9-10(2)29-18(24)13(5)30-17(23)12(4)22/h8-13,15,20,22H,6-7H2,1-5H3/t10?,11-,12?,13?,15-/m0/s1. The van der Waals surface area contributed by atoms with E-state index < -0.39 is 55.4 Å². The first-order valence-corrected chi connectivity index (χ1v) is 14.0. The Kier molecular flexibility index (Phi) is 8.79. The predicted octanol–water partition coefficient (Wildman–Crippen LogP) is 0.968. The van der Waals surface area contributed by atoms with Crippen LogP contribution in [0, 0.1) is 0 Å². The molecule has 0 saturated heterocycles. The van der Waals surface area contributed by atoms with Gasteiger partial charge in [-0.25, -0.2) is 18.0 Å². The van der Waals surface area contributed by atoms with Crippen molar-refractivity contribution in [2.75, 3.05) is 6.54 Å². The van der Waals surface area contributed by atoms with Crippen molar-refractivity contribution >= 4 is 49.4 Å². The fourth-order valence-electron chi connectivity index (χ4n) is 3.01. The molecule has 1 aromatic heterocycles. The topological polar surface area (TPSA) is 165 Å². The van der Waals surface area contributed by atoms with E-state index in [0.29, 0.717) is 29.9 Å². The molecule has 33 heavy (non-hydrogen) atoms. The summed E-state index contributed by atoms with van der Waals surface area (Å²) in [4.78, 5) is 23.3. The lowest BCUT2D eigenvalue weighted by Gasteiger charge is -2.27. The second-order valence-electron chi connectivity index (χ2n) is 7.64. The minimum atomic E-state index is -4.26. The molecule has 1 aliphatic rings. The van der Waals surface area contributed by atoms with Crippen LogP contribution in [0.1, 0.15) is 52.6 Å². The van der Waals surface area contributed by atoms with Crippen LogP contribution in [-0.2, 0) is 38.9 Å². The molecule has 2 heterocycles. The third-order valence-electron chi connectivity index (χ3n) is 4.82. The van der Waals surface area contributed by atoms with Crippen LogP contribution in [0.15, 0.2) is 18.9 Å². The molecule has 14 heteroatoms. The lowest BCUT2D eigenvalue weighted by Crippen LogP contribution is -2.33. The number of ether oxygens (including phenoxy) is 2. The van der Waals surface area contributed by atoms with E-state index in [4.69, 9.17) is 14.6 Å². The fourth-order valence-corrected chi connectivity index (χ4v) is 7.94. The van der Waals surface area contributed by atoms with Crippen LogP contribution >= 0.6 is 11.3 Å². The Bertz CT molecular complexity index is 1120. The average molecular weight is 525 g/mol. The van der Waals surface area contributed by atoms with E-state index in [0.717, 1.165) is 6.21 Å². The van der Waals surface area contributed by atoms with Crippen LogP contribution in [0.4, 0.5) is 0 Å². The van der Waals surface area contributed by atoms with Crippen molar-refractivity contribution < 1.29 is 41.0 Å². The molecule has 0 fully saturated rings. The number of carbonyl (C=O) groups excluding carboxylic acids is 2. The summed E-state index contributed by atoms with van der Waals surface area (Å²) in [6.07, 6.45) is -2.62. The summed E-state index contributed by atoms with van der Waals surface area (Å²) in [6.45, 7) is 7.81. The highest BCUT2D eigenvalue weighted by molar-refractivity contribution is 7.96. The molecule has 1 aliphatic heterocycles. The van der Waals surface area contributed by atoms with Gasteiger partial charge in [0.25, 0.3) is 10.0 Å². The summed E-state index contributed by atoms with van der Waals surface area (Å²) in [5, 5.41) is 11.6. The summed E-state index contributed by atoms with van der Waals surface area (Å²) in [7, 11) is -7.91. The van der Waals surface area contributed by atoms with Crippen LogP contribution in [0.3, 0.4) is 0 Å². The van der Waals surface area contributed by atoms with E-state index in [-0.39, 0.29) is 14.5 Å². The van der Waals surface area contributed by atoms with Gasteiger partial charge in [-0.3, -0.25) is 0 Å². The van der Waals surface area contributed by atoms with Gasteiger partial charge in [0.1, 0.15) is 20.6 Å². The van der Waals surface area contributed by atoms with Gasteiger partial charge in [0.05, 0.1) is 11.5 Å². The van der Waals surface area contributed by atoms with E-state index in [9.17, 15) is 26.4 Å². The molecule has 0 radical (unpaired) electrons. The molecule has 2 N–H and O–H groups in total. The van der Waals surface area contributed by atoms with Gasteiger partial charge in [0.15, 0.2) is 15.9 Å². The number of hydrogen-bond acceptors (Lipinski definition) is 11. The van der Waals surface area contributed by atoms with Crippen molar-refractivity contribution in [1.29, 1.82) is 0 Å². The zero-order valence-electron chi connectivity index (χ0n) is 18.8. The average Bonchev–Trinajstić information content (AvgIpc) is 3.18. The van der Waals surface area contributed by atoms with E-state index in [1.807, 2.05) is 6.92 Å². The Balaban J connectivity index is 2.18. The van der Waals surface area contributed by atoms with Crippen LogP contribution in [0.5, 0.6) is 0 Å². The molecular formula is C19H28N2O9S3. The van der Waals surface area contributed by atoms with Gasteiger partial charge in [0.2, 0.25) is 0 Å². The zero-order chi connectivity index (χ0) is 25.1.